The number of carbonyl (C=O) groups is 2. The molecule has 0 fully saturated rings. The zero-order chi connectivity index (χ0) is 18.4. The average molecular weight is 360 g/mol. The van der Waals surface area contributed by atoms with Crippen LogP contribution >= 0.6 is 11.3 Å². The highest BCUT2D eigenvalue weighted by Crippen LogP contribution is 2.22. The molecule has 6 heteroatoms. The van der Waals surface area contributed by atoms with Crippen LogP contribution in [0, 0.1) is 6.92 Å². The fourth-order valence-electron chi connectivity index (χ4n) is 2.25. The third kappa shape index (κ3) is 5.41. The predicted octanol–water partition coefficient (Wildman–Crippen LogP) is 3.62. The highest BCUT2D eigenvalue weighted by atomic mass is 32.1. The molecule has 0 radical (unpaired) electrons. The Kier molecular flexibility index (Phi) is 6.73. The summed E-state index contributed by atoms with van der Waals surface area (Å²) in [6.45, 7) is 8.49. The normalized spacial score (nSPS) is 10.8. The summed E-state index contributed by atoms with van der Waals surface area (Å²) in [5.74, 6) is -0.656. The number of thiophene rings is 1. The molecule has 1 heterocycles. The number of rotatable bonds is 6. The number of benzene rings is 1. The minimum atomic E-state index is -0.353. The van der Waals surface area contributed by atoms with Gasteiger partial charge in [0.1, 0.15) is 0 Å². The predicted molar refractivity (Wildman–Crippen MR) is 99.7 cm³/mol. The average Bonchev–Trinajstić information content (AvgIpc) is 2.99. The van der Waals surface area contributed by atoms with Gasteiger partial charge in [-0.25, -0.2) is 0 Å². The zero-order valence-corrected chi connectivity index (χ0v) is 15.8. The summed E-state index contributed by atoms with van der Waals surface area (Å²) in [5, 5.41) is 0. The van der Waals surface area contributed by atoms with E-state index in [0.29, 0.717) is 17.0 Å². The largest absolute Gasteiger partial charge is 0.374 e. The van der Waals surface area contributed by atoms with Crippen LogP contribution in [0.2, 0.25) is 0 Å². The van der Waals surface area contributed by atoms with E-state index in [1.54, 1.807) is 12.1 Å². The molecule has 2 rings (SSSR count). The Bertz CT molecular complexity index is 736. The van der Waals surface area contributed by atoms with Gasteiger partial charge in [0.25, 0.3) is 11.8 Å². The quantitative estimate of drug-likeness (QED) is 0.773. The molecule has 0 atom stereocenters. The van der Waals surface area contributed by atoms with Gasteiger partial charge in [0.15, 0.2) is 0 Å². The van der Waals surface area contributed by atoms with E-state index in [0.717, 1.165) is 17.5 Å². The molecule has 0 bridgehead atoms. The summed E-state index contributed by atoms with van der Waals surface area (Å²) in [5.41, 5.74) is 7.49. The summed E-state index contributed by atoms with van der Waals surface area (Å²) < 4.78 is 5.52. The highest BCUT2D eigenvalue weighted by molar-refractivity contribution is 7.14. The second kappa shape index (κ2) is 8.78. The number of aryl methyl sites for hydroxylation is 2. The number of amides is 2. The van der Waals surface area contributed by atoms with E-state index in [9.17, 15) is 9.59 Å². The van der Waals surface area contributed by atoms with Crippen molar-refractivity contribution in [3.63, 3.8) is 0 Å². The summed E-state index contributed by atoms with van der Waals surface area (Å²) >= 11 is 1.45. The molecule has 2 aromatic rings. The van der Waals surface area contributed by atoms with E-state index in [1.165, 1.54) is 16.2 Å². The van der Waals surface area contributed by atoms with Crippen LogP contribution in [0.25, 0.3) is 0 Å². The van der Waals surface area contributed by atoms with Crippen LogP contribution in [0.5, 0.6) is 0 Å². The molecule has 2 amide bonds. The third-order valence-corrected chi connectivity index (χ3v) is 5.03. The van der Waals surface area contributed by atoms with E-state index in [-0.39, 0.29) is 17.9 Å². The van der Waals surface area contributed by atoms with Crippen molar-refractivity contribution < 1.29 is 14.3 Å². The lowest BCUT2D eigenvalue weighted by Gasteiger charge is -2.09. The maximum Gasteiger partial charge on any atom is 0.279 e. The monoisotopic (exact) mass is 360 g/mol. The Morgan fingerprint density at radius 2 is 1.76 bits per heavy atom. The Balaban J connectivity index is 1.89. The van der Waals surface area contributed by atoms with Crippen molar-refractivity contribution in [3.05, 3.63) is 56.8 Å². The maximum atomic E-state index is 12.1. The SMILES string of the molecule is CCc1sc(C(=O)NNC(=O)c2ccc(COC(C)C)cc2)cc1C. The van der Waals surface area contributed by atoms with Crippen molar-refractivity contribution in [2.24, 2.45) is 0 Å². The second-order valence-electron chi connectivity index (χ2n) is 6.04. The van der Waals surface area contributed by atoms with Gasteiger partial charge in [0, 0.05) is 10.4 Å². The van der Waals surface area contributed by atoms with E-state index in [2.05, 4.69) is 17.8 Å². The number of carbonyl (C=O) groups excluding carboxylic acids is 2. The molecule has 0 aliphatic carbocycles. The van der Waals surface area contributed by atoms with Crippen molar-refractivity contribution in [2.75, 3.05) is 0 Å². The van der Waals surface area contributed by atoms with Gasteiger partial charge in [-0.1, -0.05) is 19.1 Å². The number of hydrogen-bond acceptors (Lipinski definition) is 4. The molecule has 0 saturated heterocycles. The first-order valence-electron chi connectivity index (χ1n) is 8.31. The third-order valence-electron chi connectivity index (χ3n) is 3.65. The fraction of sp³-hybridized carbons (Fsp3) is 0.368. The first kappa shape index (κ1) is 19.1. The molecule has 0 aliphatic rings. The minimum Gasteiger partial charge on any atom is -0.374 e. The Morgan fingerprint density at radius 1 is 1.12 bits per heavy atom. The van der Waals surface area contributed by atoms with Gasteiger partial charge in [0.2, 0.25) is 0 Å². The molecule has 1 aromatic carbocycles. The molecular formula is C19H24N2O3S. The van der Waals surface area contributed by atoms with E-state index >= 15 is 0 Å². The van der Waals surface area contributed by atoms with Gasteiger partial charge >= 0.3 is 0 Å². The van der Waals surface area contributed by atoms with Crippen molar-refractivity contribution in [1.29, 1.82) is 0 Å². The molecule has 0 aliphatic heterocycles. The van der Waals surface area contributed by atoms with Crippen LogP contribution in [0.3, 0.4) is 0 Å². The van der Waals surface area contributed by atoms with Crippen molar-refractivity contribution in [2.45, 2.75) is 46.8 Å². The molecule has 2 N–H and O–H groups in total. The second-order valence-corrected chi connectivity index (χ2v) is 7.17. The smallest absolute Gasteiger partial charge is 0.279 e. The molecule has 1 aromatic heterocycles. The maximum absolute atomic E-state index is 12.1. The van der Waals surface area contributed by atoms with Crippen LogP contribution in [0.15, 0.2) is 30.3 Å². The highest BCUT2D eigenvalue weighted by Gasteiger charge is 2.13. The van der Waals surface area contributed by atoms with E-state index in [1.807, 2.05) is 39.0 Å². The standard InChI is InChI=1S/C19H24N2O3S/c1-5-16-13(4)10-17(25-16)19(23)21-20-18(22)15-8-6-14(7-9-15)11-24-12(2)3/h6-10,12H,5,11H2,1-4H3,(H,20,22)(H,21,23). The van der Waals surface area contributed by atoms with E-state index in [4.69, 9.17) is 4.74 Å². The van der Waals surface area contributed by atoms with Crippen LogP contribution in [-0.4, -0.2) is 17.9 Å². The minimum absolute atomic E-state index is 0.160. The zero-order valence-electron chi connectivity index (χ0n) is 15.0. The molecule has 0 unspecified atom stereocenters. The molecule has 0 spiro atoms. The Labute approximate surface area is 152 Å². The topological polar surface area (TPSA) is 67.4 Å². The number of nitrogens with one attached hydrogen (secondary N) is 2. The summed E-state index contributed by atoms with van der Waals surface area (Å²) in [4.78, 5) is 26.0. The lowest BCUT2D eigenvalue weighted by Crippen LogP contribution is -2.41. The van der Waals surface area contributed by atoms with Gasteiger partial charge in [-0.3, -0.25) is 20.4 Å². The lowest BCUT2D eigenvalue weighted by atomic mass is 10.1. The molecular weight excluding hydrogens is 336 g/mol. The fourth-order valence-corrected chi connectivity index (χ4v) is 3.25. The van der Waals surface area contributed by atoms with Gasteiger partial charge in [-0.05, 0) is 56.5 Å². The van der Waals surface area contributed by atoms with Crippen LogP contribution in [-0.2, 0) is 17.8 Å². The number of hydrogen-bond donors (Lipinski definition) is 2. The van der Waals surface area contributed by atoms with Crippen LogP contribution in [0.4, 0.5) is 0 Å². The Morgan fingerprint density at radius 3 is 2.32 bits per heavy atom. The van der Waals surface area contributed by atoms with Gasteiger partial charge in [0.05, 0.1) is 17.6 Å². The lowest BCUT2D eigenvalue weighted by molar-refractivity contribution is 0.0656. The van der Waals surface area contributed by atoms with Crippen LogP contribution < -0.4 is 10.9 Å². The summed E-state index contributed by atoms with van der Waals surface area (Å²) in [6, 6.07) is 8.95. The molecule has 25 heavy (non-hydrogen) atoms. The van der Waals surface area contributed by atoms with Gasteiger partial charge in [-0.2, -0.15) is 0 Å². The Hall–Kier alpha value is -2.18. The molecule has 5 nitrogen and oxygen atoms in total. The van der Waals surface area contributed by atoms with E-state index < -0.39 is 0 Å². The van der Waals surface area contributed by atoms with Gasteiger partial charge in [-0.15, -0.1) is 11.3 Å². The first-order valence-corrected chi connectivity index (χ1v) is 9.13. The summed E-state index contributed by atoms with van der Waals surface area (Å²) in [6.07, 6.45) is 1.05. The van der Waals surface area contributed by atoms with Crippen LogP contribution in [0.1, 0.15) is 56.8 Å². The number of ether oxygens (including phenoxy) is 1. The van der Waals surface area contributed by atoms with Crippen molar-refractivity contribution >= 4 is 23.2 Å². The summed E-state index contributed by atoms with van der Waals surface area (Å²) in [7, 11) is 0. The van der Waals surface area contributed by atoms with Gasteiger partial charge < -0.3 is 4.74 Å². The first-order chi connectivity index (χ1) is 11.9. The molecule has 134 valence electrons. The number of hydrazine groups is 1. The van der Waals surface area contributed by atoms with Crippen molar-refractivity contribution in [1.82, 2.24) is 10.9 Å². The molecule has 0 saturated carbocycles. The van der Waals surface area contributed by atoms with Crippen molar-refractivity contribution in [3.8, 4) is 0 Å².